The van der Waals surface area contributed by atoms with Crippen LogP contribution in [0.25, 0.3) is 0 Å². The lowest BCUT2D eigenvalue weighted by molar-refractivity contribution is -0.120. The van der Waals surface area contributed by atoms with Crippen molar-refractivity contribution in [2.24, 2.45) is 23.7 Å². The Balaban J connectivity index is 1.70. The summed E-state index contributed by atoms with van der Waals surface area (Å²) in [7, 11) is 0. The summed E-state index contributed by atoms with van der Waals surface area (Å²) in [5.74, 6) is 1.80. The second-order valence-electron chi connectivity index (χ2n) is 7.13. The maximum atomic E-state index is 12.9. The van der Waals surface area contributed by atoms with Gasteiger partial charge < -0.3 is 10.0 Å². The summed E-state index contributed by atoms with van der Waals surface area (Å²) in [6, 6.07) is 7.76. The lowest BCUT2D eigenvalue weighted by atomic mass is 9.83. The zero-order valence-corrected chi connectivity index (χ0v) is 13.4. The molecule has 1 N–H and O–H groups in total. The fourth-order valence-corrected chi connectivity index (χ4v) is 4.74. The van der Waals surface area contributed by atoms with Crippen molar-refractivity contribution in [1.29, 1.82) is 0 Å². The molecular formula is C18H22ClNO2. The summed E-state index contributed by atoms with van der Waals surface area (Å²) in [6.45, 7) is 0.188. The number of hydrogen-bond acceptors (Lipinski definition) is 2. The Kier molecular flexibility index (Phi) is 3.66. The molecule has 0 saturated heterocycles. The molecule has 118 valence electrons. The molecule has 4 unspecified atom stereocenters. The molecule has 0 radical (unpaired) electrons. The Hall–Kier alpha value is -1.06. The molecule has 4 atom stereocenters. The van der Waals surface area contributed by atoms with Gasteiger partial charge in [0.15, 0.2) is 0 Å². The molecular weight excluding hydrogens is 298 g/mol. The maximum absolute atomic E-state index is 12.9. The Morgan fingerprint density at radius 1 is 1.14 bits per heavy atom. The van der Waals surface area contributed by atoms with E-state index < -0.39 is 0 Å². The van der Waals surface area contributed by atoms with Crippen LogP contribution in [0.15, 0.2) is 24.3 Å². The number of fused-ring (bicyclic) bond motifs is 2. The maximum Gasteiger partial charge on any atom is 0.230 e. The van der Waals surface area contributed by atoms with Crippen molar-refractivity contribution in [3.63, 3.8) is 0 Å². The minimum absolute atomic E-state index is 0.165. The van der Waals surface area contributed by atoms with Gasteiger partial charge in [0, 0.05) is 35.2 Å². The molecule has 2 bridgehead atoms. The van der Waals surface area contributed by atoms with Crippen molar-refractivity contribution in [1.82, 2.24) is 0 Å². The number of carbonyl (C=O) groups is 1. The van der Waals surface area contributed by atoms with E-state index in [2.05, 4.69) is 0 Å². The standard InChI is InChI=1S/C18H22ClNO2/c19-14-5-7-15(8-6-14)20(18(22)11-1-2-11)17-13-4-3-12(9-13)16(17)10-21/h5-8,11-13,16-17,21H,1-4,9-10H2. The molecule has 4 heteroatoms. The van der Waals surface area contributed by atoms with Crippen molar-refractivity contribution < 1.29 is 9.90 Å². The second-order valence-corrected chi connectivity index (χ2v) is 7.57. The van der Waals surface area contributed by atoms with E-state index in [0.717, 1.165) is 24.9 Å². The third-order valence-electron chi connectivity index (χ3n) is 5.82. The van der Waals surface area contributed by atoms with E-state index in [1.807, 2.05) is 29.2 Å². The number of halogens is 1. The lowest BCUT2D eigenvalue weighted by Crippen LogP contribution is -2.49. The first kappa shape index (κ1) is 14.5. The predicted molar refractivity (Wildman–Crippen MR) is 86.9 cm³/mol. The molecule has 4 rings (SSSR count). The van der Waals surface area contributed by atoms with Gasteiger partial charge in [0.05, 0.1) is 0 Å². The zero-order chi connectivity index (χ0) is 15.3. The van der Waals surface area contributed by atoms with Gasteiger partial charge in [0.1, 0.15) is 0 Å². The van der Waals surface area contributed by atoms with Crippen LogP contribution in [0.2, 0.25) is 5.02 Å². The first-order valence-corrected chi connectivity index (χ1v) is 8.76. The molecule has 22 heavy (non-hydrogen) atoms. The minimum Gasteiger partial charge on any atom is -0.396 e. The molecule has 3 aliphatic carbocycles. The van der Waals surface area contributed by atoms with Gasteiger partial charge in [-0.15, -0.1) is 0 Å². The van der Waals surface area contributed by atoms with Crippen LogP contribution in [0, 0.1) is 23.7 Å². The van der Waals surface area contributed by atoms with E-state index in [1.165, 1.54) is 12.8 Å². The highest BCUT2D eigenvalue weighted by Gasteiger charge is 2.52. The van der Waals surface area contributed by atoms with Crippen LogP contribution in [-0.4, -0.2) is 23.7 Å². The van der Waals surface area contributed by atoms with Crippen LogP contribution < -0.4 is 4.90 Å². The van der Waals surface area contributed by atoms with E-state index in [9.17, 15) is 9.90 Å². The van der Waals surface area contributed by atoms with Crippen molar-refractivity contribution in [3.05, 3.63) is 29.3 Å². The van der Waals surface area contributed by atoms with Gasteiger partial charge in [-0.05, 0) is 68.2 Å². The number of anilines is 1. The van der Waals surface area contributed by atoms with E-state index >= 15 is 0 Å². The minimum atomic E-state index is 0.165. The highest BCUT2D eigenvalue weighted by molar-refractivity contribution is 6.30. The van der Waals surface area contributed by atoms with Gasteiger partial charge in [-0.1, -0.05) is 11.6 Å². The number of carbonyl (C=O) groups excluding carboxylic acids is 1. The number of rotatable bonds is 4. The third kappa shape index (κ3) is 2.35. The molecule has 1 aromatic rings. The third-order valence-corrected chi connectivity index (χ3v) is 6.07. The highest BCUT2D eigenvalue weighted by atomic mass is 35.5. The second kappa shape index (κ2) is 5.54. The number of hydrogen-bond donors (Lipinski definition) is 1. The Labute approximate surface area is 136 Å². The molecule has 3 fully saturated rings. The van der Waals surface area contributed by atoms with Crippen molar-refractivity contribution in [2.45, 2.75) is 38.1 Å². The molecule has 3 aliphatic rings. The average molecular weight is 320 g/mol. The van der Waals surface area contributed by atoms with Crippen LogP contribution in [0.3, 0.4) is 0 Å². The van der Waals surface area contributed by atoms with E-state index in [4.69, 9.17) is 11.6 Å². The quantitative estimate of drug-likeness (QED) is 0.923. The monoisotopic (exact) mass is 319 g/mol. The number of aliphatic hydroxyl groups is 1. The Bertz CT molecular complexity index is 569. The summed E-state index contributed by atoms with van der Waals surface area (Å²) in [6.07, 6.45) is 5.57. The summed E-state index contributed by atoms with van der Waals surface area (Å²) >= 11 is 6.01. The first-order valence-electron chi connectivity index (χ1n) is 8.38. The normalized spacial score (nSPS) is 33.2. The van der Waals surface area contributed by atoms with E-state index in [0.29, 0.717) is 16.9 Å². The Morgan fingerprint density at radius 2 is 1.82 bits per heavy atom. The molecule has 0 heterocycles. The zero-order valence-electron chi connectivity index (χ0n) is 12.6. The molecule has 3 saturated carbocycles. The van der Waals surface area contributed by atoms with E-state index in [1.54, 1.807) is 0 Å². The van der Waals surface area contributed by atoms with Crippen molar-refractivity contribution in [2.75, 3.05) is 11.5 Å². The molecule has 1 amide bonds. The predicted octanol–water partition coefficient (Wildman–Crippen LogP) is 3.49. The summed E-state index contributed by atoms with van der Waals surface area (Å²) in [4.78, 5) is 14.9. The van der Waals surface area contributed by atoms with Crippen LogP contribution in [0.4, 0.5) is 5.69 Å². The number of aliphatic hydroxyl groups excluding tert-OH is 1. The largest absolute Gasteiger partial charge is 0.396 e. The molecule has 1 aromatic carbocycles. The molecule has 0 aromatic heterocycles. The van der Waals surface area contributed by atoms with Gasteiger partial charge >= 0.3 is 0 Å². The Morgan fingerprint density at radius 3 is 2.45 bits per heavy atom. The van der Waals surface area contributed by atoms with Crippen LogP contribution >= 0.6 is 11.6 Å². The van der Waals surface area contributed by atoms with Gasteiger partial charge in [0.25, 0.3) is 0 Å². The number of nitrogens with zero attached hydrogens (tertiary/aromatic N) is 1. The average Bonchev–Trinajstić information content (AvgIpc) is 3.19. The summed E-state index contributed by atoms with van der Waals surface area (Å²) in [5, 5.41) is 10.6. The van der Waals surface area contributed by atoms with Gasteiger partial charge in [-0.25, -0.2) is 0 Å². The van der Waals surface area contributed by atoms with Gasteiger partial charge in [0.2, 0.25) is 5.91 Å². The summed E-state index contributed by atoms with van der Waals surface area (Å²) < 4.78 is 0. The number of amides is 1. The van der Waals surface area contributed by atoms with Crippen LogP contribution in [-0.2, 0) is 4.79 Å². The van der Waals surface area contributed by atoms with Crippen LogP contribution in [0.1, 0.15) is 32.1 Å². The molecule has 3 nitrogen and oxygen atoms in total. The van der Waals surface area contributed by atoms with Crippen LogP contribution in [0.5, 0.6) is 0 Å². The smallest absolute Gasteiger partial charge is 0.230 e. The number of benzene rings is 1. The highest BCUT2D eigenvalue weighted by Crippen LogP contribution is 2.52. The van der Waals surface area contributed by atoms with Crippen molar-refractivity contribution >= 4 is 23.2 Å². The first-order chi connectivity index (χ1) is 10.7. The fraction of sp³-hybridized carbons (Fsp3) is 0.611. The summed E-state index contributed by atoms with van der Waals surface area (Å²) in [5.41, 5.74) is 0.942. The fourth-order valence-electron chi connectivity index (χ4n) is 4.61. The molecule has 0 aliphatic heterocycles. The lowest BCUT2D eigenvalue weighted by Gasteiger charge is -2.39. The SMILES string of the molecule is O=C(C1CC1)N(c1ccc(Cl)cc1)C1C2CCC(C2)C1CO. The van der Waals surface area contributed by atoms with Crippen molar-refractivity contribution in [3.8, 4) is 0 Å². The van der Waals surface area contributed by atoms with Gasteiger partial charge in [-0.3, -0.25) is 4.79 Å². The van der Waals surface area contributed by atoms with E-state index in [-0.39, 0.29) is 30.4 Å². The molecule has 0 spiro atoms. The topological polar surface area (TPSA) is 40.5 Å². The van der Waals surface area contributed by atoms with Gasteiger partial charge in [-0.2, -0.15) is 0 Å².